The number of hydrogen-bond acceptors (Lipinski definition) is 5. The monoisotopic (exact) mass is 293 g/mol. The number of nitro groups is 1. The molecule has 0 saturated heterocycles. The van der Waals surface area contributed by atoms with Crippen molar-refractivity contribution >= 4 is 17.3 Å². The summed E-state index contributed by atoms with van der Waals surface area (Å²) in [6, 6.07) is 4.57. The third-order valence-corrected chi connectivity index (χ3v) is 3.84. The summed E-state index contributed by atoms with van der Waals surface area (Å²) >= 11 is 0. The molecule has 1 aliphatic rings. The van der Waals surface area contributed by atoms with Gasteiger partial charge in [-0.05, 0) is 37.8 Å². The zero-order valence-electron chi connectivity index (χ0n) is 11.7. The molecule has 0 spiro atoms. The minimum absolute atomic E-state index is 0.0381. The molecule has 0 unspecified atom stereocenters. The van der Waals surface area contributed by atoms with E-state index in [4.69, 9.17) is 10.8 Å². The van der Waals surface area contributed by atoms with E-state index in [1.165, 1.54) is 12.1 Å². The van der Waals surface area contributed by atoms with Crippen LogP contribution in [0.3, 0.4) is 0 Å². The highest BCUT2D eigenvalue weighted by atomic mass is 16.6. The van der Waals surface area contributed by atoms with Crippen molar-refractivity contribution in [1.82, 2.24) is 0 Å². The number of anilines is 1. The van der Waals surface area contributed by atoms with E-state index in [0.29, 0.717) is 18.7 Å². The molecule has 3 N–H and O–H groups in total. The molecule has 1 aliphatic carbocycles. The van der Waals surface area contributed by atoms with Gasteiger partial charge in [-0.25, -0.2) is 0 Å². The van der Waals surface area contributed by atoms with Crippen molar-refractivity contribution in [3.8, 4) is 0 Å². The van der Waals surface area contributed by atoms with Crippen LogP contribution in [0.1, 0.15) is 36.0 Å². The second-order valence-electron chi connectivity index (χ2n) is 5.18. The van der Waals surface area contributed by atoms with E-state index in [0.717, 1.165) is 19.3 Å². The quantitative estimate of drug-likeness (QED) is 0.584. The van der Waals surface area contributed by atoms with Gasteiger partial charge in [0, 0.05) is 30.8 Å². The minimum Gasteiger partial charge on any atom is -0.396 e. The maximum absolute atomic E-state index is 11.3. The van der Waals surface area contributed by atoms with Crippen molar-refractivity contribution in [2.24, 2.45) is 5.73 Å². The van der Waals surface area contributed by atoms with E-state index in [9.17, 15) is 14.9 Å². The maximum Gasteiger partial charge on any atom is 0.293 e. The highest BCUT2D eigenvalue weighted by Crippen LogP contribution is 2.35. The lowest BCUT2D eigenvalue weighted by atomic mass is 9.90. The number of carbonyl (C=O) groups excluding carboxylic acids is 1. The molecule has 1 fully saturated rings. The predicted octanol–water partition coefficient (Wildman–Crippen LogP) is 1.43. The zero-order valence-corrected chi connectivity index (χ0v) is 11.7. The molecule has 1 aromatic rings. The molecule has 0 atom stereocenters. The number of primary amides is 1. The van der Waals surface area contributed by atoms with Gasteiger partial charge in [0.2, 0.25) is 5.91 Å². The Hall–Kier alpha value is -2.15. The van der Waals surface area contributed by atoms with Crippen molar-refractivity contribution in [1.29, 1.82) is 0 Å². The molecule has 0 aromatic heterocycles. The van der Waals surface area contributed by atoms with Crippen molar-refractivity contribution < 1.29 is 14.8 Å². The second kappa shape index (κ2) is 6.53. The molecule has 0 heterocycles. The standard InChI is InChI=1S/C14H19N3O4/c15-14(19)10-5-6-12(13(9-10)17(20)21)16(7-2-8-18)11-3-1-4-11/h5-6,9,11,18H,1-4,7-8H2,(H2,15,19). The number of rotatable bonds is 7. The van der Waals surface area contributed by atoms with Gasteiger partial charge in [0.15, 0.2) is 0 Å². The lowest BCUT2D eigenvalue weighted by Crippen LogP contribution is -2.41. The second-order valence-corrected chi connectivity index (χ2v) is 5.18. The first-order valence-corrected chi connectivity index (χ1v) is 7.00. The number of benzene rings is 1. The van der Waals surface area contributed by atoms with Crippen molar-refractivity contribution in [3.63, 3.8) is 0 Å². The van der Waals surface area contributed by atoms with Gasteiger partial charge in [0.1, 0.15) is 5.69 Å². The first kappa shape index (κ1) is 15.2. The molecule has 0 aliphatic heterocycles. The Balaban J connectivity index is 2.38. The molecule has 21 heavy (non-hydrogen) atoms. The van der Waals surface area contributed by atoms with Crippen LogP contribution in [0.2, 0.25) is 0 Å². The average Bonchev–Trinajstić information content (AvgIpc) is 2.40. The number of nitrogens with two attached hydrogens (primary N) is 1. The SMILES string of the molecule is NC(=O)c1ccc(N(CCCO)C2CCC2)c([N+](=O)[O-])c1. The number of hydrogen-bond donors (Lipinski definition) is 2. The number of aliphatic hydroxyl groups excluding tert-OH is 1. The summed E-state index contributed by atoms with van der Waals surface area (Å²) in [6.45, 7) is 0.592. The maximum atomic E-state index is 11.3. The van der Waals surface area contributed by atoms with Gasteiger partial charge in [-0.1, -0.05) is 0 Å². The van der Waals surface area contributed by atoms with E-state index in [1.807, 2.05) is 4.90 Å². The molecule has 1 amide bonds. The lowest BCUT2D eigenvalue weighted by molar-refractivity contribution is -0.384. The van der Waals surface area contributed by atoms with Gasteiger partial charge in [-0.2, -0.15) is 0 Å². The largest absolute Gasteiger partial charge is 0.396 e. The highest BCUT2D eigenvalue weighted by molar-refractivity contribution is 5.94. The third kappa shape index (κ3) is 3.30. The normalized spacial score (nSPS) is 14.5. The van der Waals surface area contributed by atoms with E-state index in [2.05, 4.69) is 0 Å². The molecule has 114 valence electrons. The van der Waals surface area contributed by atoms with Crippen molar-refractivity contribution in [2.45, 2.75) is 31.7 Å². The van der Waals surface area contributed by atoms with E-state index < -0.39 is 10.8 Å². The molecular weight excluding hydrogens is 274 g/mol. The Kier molecular flexibility index (Phi) is 4.74. The number of aliphatic hydroxyl groups is 1. The average molecular weight is 293 g/mol. The fourth-order valence-electron chi connectivity index (χ4n) is 2.50. The molecular formula is C14H19N3O4. The Bertz CT molecular complexity index is 543. The molecule has 2 rings (SSSR count). The molecule has 0 bridgehead atoms. The summed E-state index contributed by atoms with van der Waals surface area (Å²) in [5.41, 5.74) is 5.68. The van der Waals surface area contributed by atoms with Crippen LogP contribution in [0, 0.1) is 10.1 Å². The summed E-state index contributed by atoms with van der Waals surface area (Å²) in [5, 5.41) is 20.3. The topological polar surface area (TPSA) is 110 Å². The number of nitro benzene ring substituents is 1. The highest BCUT2D eigenvalue weighted by Gasteiger charge is 2.29. The number of nitrogens with zero attached hydrogens (tertiary/aromatic N) is 2. The minimum atomic E-state index is -0.685. The smallest absolute Gasteiger partial charge is 0.293 e. The van der Waals surface area contributed by atoms with Crippen LogP contribution in [0.5, 0.6) is 0 Å². The molecule has 1 saturated carbocycles. The van der Waals surface area contributed by atoms with Gasteiger partial charge in [-0.15, -0.1) is 0 Å². The van der Waals surface area contributed by atoms with Crippen LogP contribution < -0.4 is 10.6 Å². The summed E-state index contributed by atoms with van der Waals surface area (Å²) in [4.78, 5) is 23.9. The van der Waals surface area contributed by atoms with Gasteiger partial charge >= 0.3 is 0 Å². The van der Waals surface area contributed by atoms with Gasteiger partial charge in [0.05, 0.1) is 4.92 Å². The summed E-state index contributed by atoms with van der Waals surface area (Å²) in [5.74, 6) is -0.685. The Morgan fingerprint density at radius 3 is 2.67 bits per heavy atom. The van der Waals surface area contributed by atoms with Crippen molar-refractivity contribution in [2.75, 3.05) is 18.1 Å². The first-order valence-electron chi connectivity index (χ1n) is 7.00. The summed E-state index contributed by atoms with van der Waals surface area (Å²) in [7, 11) is 0. The third-order valence-electron chi connectivity index (χ3n) is 3.84. The lowest BCUT2D eigenvalue weighted by Gasteiger charge is -2.39. The van der Waals surface area contributed by atoms with Crippen LogP contribution in [0.25, 0.3) is 0 Å². The van der Waals surface area contributed by atoms with Crippen LogP contribution >= 0.6 is 0 Å². The van der Waals surface area contributed by atoms with Crippen LogP contribution in [-0.4, -0.2) is 35.1 Å². The fraction of sp³-hybridized carbons (Fsp3) is 0.500. The van der Waals surface area contributed by atoms with Crippen LogP contribution in [0.4, 0.5) is 11.4 Å². The first-order chi connectivity index (χ1) is 10.0. The Labute approximate surface area is 122 Å². The number of amides is 1. The van der Waals surface area contributed by atoms with Gasteiger partial charge in [-0.3, -0.25) is 14.9 Å². The molecule has 1 aromatic carbocycles. The Morgan fingerprint density at radius 2 is 2.19 bits per heavy atom. The zero-order chi connectivity index (χ0) is 15.4. The van der Waals surface area contributed by atoms with Gasteiger partial charge in [0.25, 0.3) is 5.69 Å². The summed E-state index contributed by atoms with van der Waals surface area (Å²) in [6.07, 6.45) is 3.62. The van der Waals surface area contributed by atoms with E-state index >= 15 is 0 Å². The predicted molar refractivity (Wildman–Crippen MR) is 78.3 cm³/mol. The fourth-order valence-corrected chi connectivity index (χ4v) is 2.50. The van der Waals surface area contributed by atoms with Crippen LogP contribution in [-0.2, 0) is 0 Å². The van der Waals surface area contributed by atoms with E-state index in [-0.39, 0.29) is 23.9 Å². The van der Waals surface area contributed by atoms with Gasteiger partial charge < -0.3 is 15.7 Å². The molecule has 0 radical (unpaired) electrons. The molecule has 7 heteroatoms. The Morgan fingerprint density at radius 1 is 1.48 bits per heavy atom. The number of carbonyl (C=O) groups is 1. The van der Waals surface area contributed by atoms with Crippen LogP contribution in [0.15, 0.2) is 18.2 Å². The summed E-state index contributed by atoms with van der Waals surface area (Å²) < 4.78 is 0. The van der Waals surface area contributed by atoms with E-state index in [1.54, 1.807) is 6.07 Å². The van der Waals surface area contributed by atoms with Crippen molar-refractivity contribution in [3.05, 3.63) is 33.9 Å². The molecule has 7 nitrogen and oxygen atoms in total.